The molecule has 0 radical (unpaired) electrons. The van der Waals surface area contributed by atoms with Crippen LogP contribution in [0.4, 0.5) is 0 Å². The third-order valence-electron chi connectivity index (χ3n) is 0. The second kappa shape index (κ2) is 9.88. The molecule has 2 heteroatoms. The van der Waals surface area contributed by atoms with Gasteiger partial charge < -0.3 is 0 Å². The molecule has 0 spiro atoms. The molecule has 0 aromatic heterocycles. The van der Waals surface area contributed by atoms with Crippen LogP contribution in [0, 0.1) is 0 Å². The summed E-state index contributed by atoms with van der Waals surface area (Å²) in [4.78, 5) is 0. The van der Waals surface area contributed by atoms with Crippen LogP contribution in [-0.4, -0.2) is 4.70 Å². The number of hydrogen-bond donors (Lipinski definition) is 1. The Bertz CT molecular complexity index is 11.5. The average Bonchev–Trinajstić information content (AvgIpc) is 0.918. The normalized spacial score (nSPS) is 3.25. The van der Waals surface area contributed by atoms with Crippen molar-refractivity contribution in [1.29, 1.82) is 0 Å². The Hall–Kier alpha value is 0.440. The van der Waals surface area contributed by atoms with E-state index in [1.54, 1.807) is 0 Å². The molecule has 0 N–H and O–H groups in total. The number of hydrogen-bond acceptors (Lipinski definition) is 1. The van der Waals surface area contributed by atoms with E-state index in [9.17, 15) is 0 Å². The molecule has 26 valence electrons. The molecule has 0 unspecified atom stereocenters. The van der Waals surface area contributed by atoms with E-state index in [1.807, 2.05) is 0 Å². The zero-order valence-electron chi connectivity index (χ0n) is 1.43. The van der Waals surface area contributed by atoms with Crippen molar-refractivity contribution in [2.45, 2.75) is 7.43 Å². The molecule has 0 aliphatic carbocycles. The SMILES string of the molecule is C.S=CS. The van der Waals surface area contributed by atoms with Crippen molar-refractivity contribution in [1.82, 2.24) is 0 Å². The first-order chi connectivity index (χ1) is 1.41. The Morgan fingerprint density at radius 3 is 1.75 bits per heavy atom. The van der Waals surface area contributed by atoms with Crippen molar-refractivity contribution >= 4 is 29.5 Å². The summed E-state index contributed by atoms with van der Waals surface area (Å²) in [7, 11) is 0. The van der Waals surface area contributed by atoms with E-state index in [0.717, 1.165) is 0 Å². The summed E-state index contributed by atoms with van der Waals surface area (Å²) in [5, 5.41) is 0. The molecule has 0 bridgehead atoms. The van der Waals surface area contributed by atoms with Crippen molar-refractivity contribution in [3.63, 3.8) is 0 Å². The minimum absolute atomic E-state index is 0. The Balaban J connectivity index is 0. The minimum atomic E-state index is 0. The van der Waals surface area contributed by atoms with E-state index >= 15 is 0 Å². The van der Waals surface area contributed by atoms with E-state index in [2.05, 4.69) is 24.8 Å². The fourth-order valence-corrected chi connectivity index (χ4v) is 0. The first kappa shape index (κ1) is 8.83. The molecule has 0 rings (SSSR count). The van der Waals surface area contributed by atoms with E-state index in [4.69, 9.17) is 0 Å². The van der Waals surface area contributed by atoms with Crippen LogP contribution in [0.15, 0.2) is 0 Å². The molecular formula is C2H6S2. The highest BCUT2D eigenvalue weighted by Crippen LogP contribution is 1.50. The molecule has 0 aliphatic rings. The highest BCUT2D eigenvalue weighted by molar-refractivity contribution is 8.08. The van der Waals surface area contributed by atoms with Gasteiger partial charge >= 0.3 is 0 Å². The Labute approximate surface area is 37.6 Å². The number of rotatable bonds is 0. The summed E-state index contributed by atoms with van der Waals surface area (Å²) in [6.45, 7) is 0. The second-order valence-corrected chi connectivity index (χ2v) is 0.949. The molecule has 0 aromatic rings. The molecule has 0 saturated carbocycles. The van der Waals surface area contributed by atoms with Crippen molar-refractivity contribution in [3.05, 3.63) is 0 Å². The van der Waals surface area contributed by atoms with Crippen molar-refractivity contribution in [2.24, 2.45) is 0 Å². The lowest BCUT2D eigenvalue weighted by Crippen LogP contribution is -1.12. The molecule has 4 heavy (non-hydrogen) atoms. The molecule has 0 saturated heterocycles. The van der Waals surface area contributed by atoms with Crippen LogP contribution in [0.25, 0.3) is 0 Å². The summed E-state index contributed by atoms with van der Waals surface area (Å²) < 4.78 is 1.28. The van der Waals surface area contributed by atoms with Gasteiger partial charge in [0.25, 0.3) is 0 Å². The number of thiol groups is 1. The summed E-state index contributed by atoms with van der Waals surface area (Å²) in [5.41, 5.74) is 0. The van der Waals surface area contributed by atoms with Crippen LogP contribution in [0.1, 0.15) is 7.43 Å². The van der Waals surface area contributed by atoms with Crippen molar-refractivity contribution < 1.29 is 0 Å². The van der Waals surface area contributed by atoms with Crippen LogP contribution >= 0.6 is 24.8 Å². The lowest BCUT2D eigenvalue weighted by molar-refractivity contribution is 2.50. The molecular weight excluding hydrogens is 88.2 g/mol. The van der Waals surface area contributed by atoms with Crippen molar-refractivity contribution in [3.8, 4) is 0 Å². The summed E-state index contributed by atoms with van der Waals surface area (Å²) in [6.07, 6.45) is 0. The van der Waals surface area contributed by atoms with E-state index < -0.39 is 0 Å². The van der Waals surface area contributed by atoms with Gasteiger partial charge in [-0.05, 0) is 0 Å². The zero-order chi connectivity index (χ0) is 2.71. The molecule has 0 aliphatic heterocycles. The van der Waals surface area contributed by atoms with Gasteiger partial charge in [0.15, 0.2) is 0 Å². The van der Waals surface area contributed by atoms with Gasteiger partial charge in [0.05, 0.1) is 0 Å². The molecule has 0 fully saturated rings. The fraction of sp³-hybridized carbons (Fsp3) is 0.500. The molecule has 0 amide bonds. The van der Waals surface area contributed by atoms with Crippen LogP contribution in [0.3, 0.4) is 0 Å². The molecule has 0 aromatic carbocycles. The smallest absolute Gasteiger partial charge is 0.0310 e. The van der Waals surface area contributed by atoms with E-state index in [0.29, 0.717) is 0 Å². The molecule has 0 heterocycles. The van der Waals surface area contributed by atoms with Gasteiger partial charge in [-0.2, -0.15) is 0 Å². The van der Waals surface area contributed by atoms with Crippen molar-refractivity contribution in [2.75, 3.05) is 0 Å². The van der Waals surface area contributed by atoms with Gasteiger partial charge in [-0.25, -0.2) is 0 Å². The van der Waals surface area contributed by atoms with Gasteiger partial charge in [-0.3, -0.25) is 0 Å². The number of thiocarbonyl (C=S) groups is 1. The third-order valence-corrected chi connectivity index (χ3v) is 0. The standard InChI is InChI=1S/CH2S2.CH4/c2-1-3;/h1H,(H,2,3);1H4. The van der Waals surface area contributed by atoms with Gasteiger partial charge in [0.2, 0.25) is 0 Å². The van der Waals surface area contributed by atoms with Crippen LogP contribution in [-0.2, 0) is 0 Å². The lowest BCUT2D eigenvalue weighted by atomic mass is 11.9. The summed E-state index contributed by atoms with van der Waals surface area (Å²) in [6, 6.07) is 0. The lowest BCUT2D eigenvalue weighted by Gasteiger charge is -1.27. The maximum Gasteiger partial charge on any atom is 0.0310 e. The topological polar surface area (TPSA) is 0 Å². The second-order valence-electron chi connectivity index (χ2n) is 0.105. The minimum Gasteiger partial charge on any atom is -0.140 e. The van der Waals surface area contributed by atoms with Gasteiger partial charge in [0.1, 0.15) is 0 Å². The Morgan fingerprint density at radius 2 is 1.75 bits per heavy atom. The predicted molar refractivity (Wildman–Crippen MR) is 29.4 cm³/mol. The maximum absolute atomic E-state index is 4.13. The van der Waals surface area contributed by atoms with Gasteiger partial charge in [0, 0.05) is 4.70 Å². The molecule has 0 atom stereocenters. The first-order valence-corrected chi connectivity index (χ1v) is 1.48. The van der Waals surface area contributed by atoms with Crippen LogP contribution < -0.4 is 0 Å². The third kappa shape index (κ3) is 26.1. The fourth-order valence-electron chi connectivity index (χ4n) is 0. The maximum atomic E-state index is 4.13. The van der Waals surface area contributed by atoms with Gasteiger partial charge in [-0.1, -0.05) is 19.6 Å². The largest absolute Gasteiger partial charge is 0.140 e. The Kier molecular flexibility index (Phi) is 21.8. The highest BCUT2D eigenvalue weighted by Gasteiger charge is 1.18. The quantitative estimate of drug-likeness (QED) is 0.350. The zero-order valence-corrected chi connectivity index (χ0v) is 3.14. The molecule has 0 nitrogen and oxygen atoms in total. The monoisotopic (exact) mass is 94.0 g/mol. The van der Waals surface area contributed by atoms with Gasteiger partial charge in [-0.15, -0.1) is 12.6 Å². The first-order valence-electron chi connectivity index (χ1n) is 0.494. The summed E-state index contributed by atoms with van der Waals surface area (Å²) in [5.74, 6) is 0. The predicted octanol–water partition coefficient (Wildman–Crippen LogP) is 1.51. The van der Waals surface area contributed by atoms with Crippen LogP contribution in [0.2, 0.25) is 0 Å². The van der Waals surface area contributed by atoms with Crippen LogP contribution in [0.5, 0.6) is 0 Å². The Morgan fingerprint density at radius 1 is 1.75 bits per heavy atom. The average molecular weight is 94.2 g/mol. The van der Waals surface area contributed by atoms with E-state index in [1.165, 1.54) is 4.70 Å². The highest BCUT2D eigenvalue weighted by atomic mass is 32.1. The summed E-state index contributed by atoms with van der Waals surface area (Å²) >= 11 is 7.61. The van der Waals surface area contributed by atoms with E-state index in [-0.39, 0.29) is 7.43 Å².